The lowest BCUT2D eigenvalue weighted by Crippen LogP contribution is -2.32. The van der Waals surface area contributed by atoms with Gasteiger partial charge in [0.15, 0.2) is 0 Å². The van der Waals surface area contributed by atoms with Crippen LogP contribution in [0.15, 0.2) is 60.7 Å². The van der Waals surface area contributed by atoms with Crippen LogP contribution < -0.4 is 16.0 Å². The Kier molecular flexibility index (Phi) is 9.85. The van der Waals surface area contributed by atoms with Crippen LogP contribution in [0.4, 0.5) is 15.8 Å². The first kappa shape index (κ1) is 29.1. The molecule has 0 saturated carbocycles. The van der Waals surface area contributed by atoms with Crippen LogP contribution in [0.25, 0.3) is 0 Å². The summed E-state index contributed by atoms with van der Waals surface area (Å²) in [6.45, 7) is 2.31. The summed E-state index contributed by atoms with van der Waals surface area (Å²) in [6.07, 6.45) is 0.294. The van der Waals surface area contributed by atoms with Gasteiger partial charge in [-0.25, -0.2) is 4.39 Å². The highest BCUT2D eigenvalue weighted by Gasteiger charge is 2.30. The first-order chi connectivity index (χ1) is 17.8. The highest BCUT2D eigenvalue weighted by Crippen LogP contribution is 2.37. The average Bonchev–Trinajstić information content (AvgIpc) is 3.03. The number of amides is 2. The van der Waals surface area contributed by atoms with Crippen LogP contribution in [0.2, 0.25) is 5.02 Å². The Balaban J connectivity index is 0.00000400. The Morgan fingerprint density at radius 3 is 2.58 bits per heavy atom. The molecule has 0 aliphatic carbocycles. The topological polar surface area (TPSA) is 102 Å². The van der Waals surface area contributed by atoms with Crippen molar-refractivity contribution in [1.82, 2.24) is 0 Å². The van der Waals surface area contributed by atoms with E-state index in [1.54, 1.807) is 24.3 Å². The van der Waals surface area contributed by atoms with E-state index >= 15 is 0 Å². The number of hydrogen-bond donors (Lipinski definition) is 2. The lowest BCUT2D eigenvalue weighted by molar-refractivity contribution is -0.149. The molecule has 0 aromatic heterocycles. The third kappa shape index (κ3) is 6.51. The number of aryl methyl sites for hydroxylation is 1. The summed E-state index contributed by atoms with van der Waals surface area (Å²) in [4.78, 5) is 39.9. The van der Waals surface area contributed by atoms with Gasteiger partial charge in [0, 0.05) is 29.9 Å². The fraction of sp³-hybridized carbons (Fsp3) is 0.250. The number of hydrogen-bond acceptors (Lipinski definition) is 5. The molecule has 3 aromatic rings. The second kappa shape index (κ2) is 12.9. The van der Waals surface area contributed by atoms with Crippen LogP contribution >= 0.6 is 24.0 Å². The highest BCUT2D eigenvalue weighted by molar-refractivity contribution is 6.35. The van der Waals surface area contributed by atoms with Crippen molar-refractivity contribution in [2.24, 2.45) is 5.73 Å². The maximum Gasteiger partial charge on any atom is 0.307 e. The molecular formula is C28H28Cl2FN3O4. The number of carbonyl (C=O) groups is 3. The van der Waals surface area contributed by atoms with Crippen LogP contribution in [0.3, 0.4) is 0 Å². The van der Waals surface area contributed by atoms with Crippen molar-refractivity contribution in [3.63, 3.8) is 0 Å². The summed E-state index contributed by atoms with van der Waals surface area (Å²) >= 11 is 6.49. The minimum Gasteiger partial charge on any atom is -0.457 e. The normalized spacial score (nSPS) is 14.5. The van der Waals surface area contributed by atoms with Crippen LogP contribution in [-0.4, -0.2) is 30.9 Å². The molecule has 1 aliphatic heterocycles. The van der Waals surface area contributed by atoms with Gasteiger partial charge in [-0.15, -0.1) is 12.4 Å². The van der Waals surface area contributed by atoms with E-state index in [0.29, 0.717) is 41.9 Å². The molecule has 38 heavy (non-hydrogen) atoms. The third-order valence-electron chi connectivity index (χ3n) is 6.19. The van der Waals surface area contributed by atoms with Gasteiger partial charge in [-0.1, -0.05) is 29.8 Å². The number of nitrogens with two attached hydrogens (primary N) is 1. The van der Waals surface area contributed by atoms with Gasteiger partial charge in [0.1, 0.15) is 11.9 Å². The number of esters is 1. The van der Waals surface area contributed by atoms with Gasteiger partial charge in [0.2, 0.25) is 0 Å². The van der Waals surface area contributed by atoms with Gasteiger partial charge in [-0.05, 0) is 67.8 Å². The van der Waals surface area contributed by atoms with Gasteiger partial charge >= 0.3 is 5.97 Å². The Hall–Kier alpha value is -3.46. The van der Waals surface area contributed by atoms with E-state index in [2.05, 4.69) is 5.32 Å². The van der Waals surface area contributed by atoms with Gasteiger partial charge < -0.3 is 20.7 Å². The molecule has 10 heteroatoms. The molecule has 3 aromatic carbocycles. The maximum atomic E-state index is 14.2. The Morgan fingerprint density at radius 2 is 1.87 bits per heavy atom. The van der Waals surface area contributed by atoms with Crippen molar-refractivity contribution >= 4 is 53.2 Å². The largest absolute Gasteiger partial charge is 0.457 e. The summed E-state index contributed by atoms with van der Waals surface area (Å²) in [5.74, 6) is -1.65. The molecular weight excluding hydrogens is 532 g/mol. The van der Waals surface area contributed by atoms with Crippen molar-refractivity contribution < 1.29 is 23.5 Å². The van der Waals surface area contributed by atoms with Crippen molar-refractivity contribution in [2.75, 3.05) is 23.3 Å². The van der Waals surface area contributed by atoms with Crippen molar-refractivity contribution in [2.45, 2.75) is 32.3 Å². The Morgan fingerprint density at radius 1 is 1.11 bits per heavy atom. The van der Waals surface area contributed by atoms with Crippen molar-refractivity contribution in [3.8, 4) is 0 Å². The van der Waals surface area contributed by atoms with Crippen molar-refractivity contribution in [3.05, 3.63) is 93.8 Å². The lowest BCUT2D eigenvalue weighted by atomic mass is 10.0. The van der Waals surface area contributed by atoms with Gasteiger partial charge in [0.25, 0.3) is 11.8 Å². The molecule has 3 N–H and O–H groups in total. The minimum absolute atomic E-state index is 0. The number of ether oxygens (including phenoxy) is 1. The highest BCUT2D eigenvalue weighted by atomic mass is 35.5. The van der Waals surface area contributed by atoms with E-state index in [9.17, 15) is 18.8 Å². The molecule has 0 spiro atoms. The van der Waals surface area contributed by atoms with Crippen LogP contribution in [0.1, 0.15) is 57.2 Å². The molecule has 1 unspecified atom stereocenters. The number of fused-ring (bicyclic) bond motifs is 1. The minimum atomic E-state index is -0.697. The average molecular weight is 560 g/mol. The smallest absolute Gasteiger partial charge is 0.307 e. The molecule has 1 atom stereocenters. The van der Waals surface area contributed by atoms with Crippen molar-refractivity contribution in [1.29, 1.82) is 0 Å². The third-order valence-corrected chi connectivity index (χ3v) is 6.50. The summed E-state index contributed by atoms with van der Waals surface area (Å²) in [5.41, 5.74) is 8.35. The predicted octanol–water partition coefficient (Wildman–Crippen LogP) is 5.84. The first-order valence-corrected chi connectivity index (χ1v) is 12.3. The number of nitrogens with one attached hydrogen (secondary N) is 1. The molecule has 7 nitrogen and oxygen atoms in total. The SMILES string of the molecule is Cc1ccccc1C(=O)Nc1ccc(C(=O)N2CCCC(OC(=O)CCN)c3cc(F)ccc32)c(Cl)c1.Cl. The van der Waals surface area contributed by atoms with E-state index in [-0.39, 0.29) is 47.8 Å². The number of benzene rings is 3. The van der Waals surface area contributed by atoms with Gasteiger partial charge in [-0.3, -0.25) is 14.4 Å². The zero-order chi connectivity index (χ0) is 26.5. The quantitative estimate of drug-likeness (QED) is 0.369. The predicted molar refractivity (Wildman–Crippen MR) is 148 cm³/mol. The molecule has 0 bridgehead atoms. The summed E-state index contributed by atoms with van der Waals surface area (Å²) < 4.78 is 19.7. The fourth-order valence-electron chi connectivity index (χ4n) is 4.35. The molecule has 1 heterocycles. The number of halogens is 3. The number of carbonyl (C=O) groups excluding carboxylic acids is 3. The van der Waals surface area contributed by atoms with E-state index in [1.807, 2.05) is 19.1 Å². The second-order valence-corrected chi connectivity index (χ2v) is 9.19. The van der Waals surface area contributed by atoms with Crippen LogP contribution in [0, 0.1) is 12.7 Å². The summed E-state index contributed by atoms with van der Waals surface area (Å²) in [5, 5.41) is 2.96. The van der Waals surface area contributed by atoms with E-state index in [0.717, 1.165) is 5.56 Å². The summed E-state index contributed by atoms with van der Waals surface area (Å²) in [7, 11) is 0. The van der Waals surface area contributed by atoms with Gasteiger partial charge in [-0.2, -0.15) is 0 Å². The van der Waals surface area contributed by atoms with E-state index in [4.69, 9.17) is 22.1 Å². The molecule has 0 saturated heterocycles. The number of anilines is 2. The van der Waals surface area contributed by atoms with E-state index < -0.39 is 17.9 Å². The molecule has 0 radical (unpaired) electrons. The zero-order valence-corrected chi connectivity index (χ0v) is 22.3. The van der Waals surface area contributed by atoms with Gasteiger partial charge in [0.05, 0.1) is 22.7 Å². The summed E-state index contributed by atoms with van der Waals surface area (Å²) in [6, 6.07) is 15.9. The number of nitrogens with zero attached hydrogens (tertiary/aromatic N) is 1. The van der Waals surface area contributed by atoms with E-state index in [1.165, 1.54) is 29.2 Å². The van der Waals surface area contributed by atoms with Crippen LogP contribution in [0.5, 0.6) is 0 Å². The fourth-order valence-corrected chi connectivity index (χ4v) is 4.61. The molecule has 0 fully saturated rings. The van der Waals surface area contributed by atoms with Crippen LogP contribution in [-0.2, 0) is 9.53 Å². The zero-order valence-electron chi connectivity index (χ0n) is 20.7. The molecule has 4 rings (SSSR count). The second-order valence-electron chi connectivity index (χ2n) is 8.78. The number of rotatable bonds is 6. The molecule has 200 valence electrons. The maximum absolute atomic E-state index is 14.2. The molecule has 2 amide bonds. The lowest BCUT2D eigenvalue weighted by Gasteiger charge is -2.25. The monoisotopic (exact) mass is 559 g/mol. The Labute approximate surface area is 231 Å². The molecule has 1 aliphatic rings. The Bertz CT molecular complexity index is 1350. The standard InChI is InChI=1S/C28H27ClFN3O4.ClH/c1-17-5-2-3-6-20(17)27(35)32-19-9-10-21(23(29)16-19)28(36)33-14-4-7-25(37-26(34)12-13-31)22-15-18(30)8-11-24(22)33;/h2-3,5-6,8-11,15-16,25H,4,7,12-14,31H2,1H3,(H,32,35);1H. The first-order valence-electron chi connectivity index (χ1n) is 12.0.